The maximum Gasteiger partial charge on any atom is 0.328 e. The van der Waals surface area contributed by atoms with Gasteiger partial charge in [0.1, 0.15) is 6.04 Å². The second-order valence-electron chi connectivity index (χ2n) is 6.14. The zero-order chi connectivity index (χ0) is 18.1. The molecule has 0 bridgehead atoms. The van der Waals surface area contributed by atoms with Crippen molar-refractivity contribution in [2.75, 3.05) is 7.11 Å². The van der Waals surface area contributed by atoms with Crippen LogP contribution in [-0.4, -0.2) is 30.9 Å². The second-order valence-corrected chi connectivity index (χ2v) is 6.14. The van der Waals surface area contributed by atoms with E-state index < -0.39 is 18.1 Å². The monoisotopic (exact) mass is 334 g/mol. The van der Waals surface area contributed by atoms with Crippen LogP contribution in [0.3, 0.4) is 0 Å². The predicted molar refractivity (Wildman–Crippen MR) is 91.0 cm³/mol. The van der Waals surface area contributed by atoms with Gasteiger partial charge in [-0.1, -0.05) is 44.2 Å². The Hall–Kier alpha value is -2.37. The summed E-state index contributed by atoms with van der Waals surface area (Å²) >= 11 is 0. The van der Waals surface area contributed by atoms with E-state index in [1.807, 2.05) is 44.2 Å². The van der Waals surface area contributed by atoms with Crippen LogP contribution in [0.15, 0.2) is 30.3 Å². The highest BCUT2D eigenvalue weighted by Gasteiger charge is 2.24. The molecule has 0 saturated carbocycles. The van der Waals surface area contributed by atoms with Crippen molar-refractivity contribution in [3.63, 3.8) is 0 Å². The van der Waals surface area contributed by atoms with Crippen LogP contribution in [0, 0.1) is 5.92 Å². The molecule has 2 atom stereocenters. The first kappa shape index (κ1) is 19.7. The molecule has 0 aliphatic heterocycles. The van der Waals surface area contributed by atoms with Crippen molar-refractivity contribution in [3.8, 4) is 0 Å². The van der Waals surface area contributed by atoms with Crippen molar-refractivity contribution in [3.05, 3.63) is 35.9 Å². The molecule has 2 amide bonds. The van der Waals surface area contributed by atoms with Gasteiger partial charge in [0.25, 0.3) is 0 Å². The summed E-state index contributed by atoms with van der Waals surface area (Å²) in [7, 11) is 1.30. The number of benzene rings is 1. The van der Waals surface area contributed by atoms with E-state index in [0.29, 0.717) is 6.42 Å². The molecule has 2 N–H and O–H groups in total. The van der Waals surface area contributed by atoms with Crippen molar-refractivity contribution in [2.24, 2.45) is 5.92 Å². The molecule has 0 fully saturated rings. The van der Waals surface area contributed by atoms with Gasteiger partial charge in [0, 0.05) is 6.92 Å². The van der Waals surface area contributed by atoms with E-state index in [4.69, 9.17) is 4.74 Å². The molecular weight excluding hydrogens is 308 g/mol. The third kappa shape index (κ3) is 6.81. The topological polar surface area (TPSA) is 84.5 Å². The van der Waals surface area contributed by atoms with Crippen molar-refractivity contribution in [1.82, 2.24) is 10.6 Å². The Morgan fingerprint density at radius 3 is 2.21 bits per heavy atom. The highest BCUT2D eigenvalue weighted by molar-refractivity contribution is 5.85. The summed E-state index contributed by atoms with van der Waals surface area (Å²) in [6.07, 6.45) is 0.545. The lowest BCUT2D eigenvalue weighted by atomic mass is 10.0. The minimum atomic E-state index is -0.684. The molecule has 132 valence electrons. The SMILES string of the molecule is COC(=O)[C@H](CC(C)C)NC(=O)C[C@H](NC(C)=O)c1ccccc1. The smallest absolute Gasteiger partial charge is 0.328 e. The normalized spacial score (nSPS) is 13.0. The van der Waals surface area contributed by atoms with Gasteiger partial charge in [-0.05, 0) is 17.9 Å². The number of methoxy groups -OCH3 is 1. The summed E-state index contributed by atoms with van der Waals surface area (Å²) in [4.78, 5) is 35.6. The van der Waals surface area contributed by atoms with Crippen LogP contribution < -0.4 is 10.6 Å². The average Bonchev–Trinajstić information content (AvgIpc) is 2.52. The number of hydrogen-bond donors (Lipinski definition) is 2. The van der Waals surface area contributed by atoms with Crippen molar-refractivity contribution >= 4 is 17.8 Å². The molecule has 1 aromatic rings. The molecule has 6 nitrogen and oxygen atoms in total. The lowest BCUT2D eigenvalue weighted by Gasteiger charge is -2.21. The lowest BCUT2D eigenvalue weighted by Crippen LogP contribution is -2.43. The number of hydrogen-bond acceptors (Lipinski definition) is 4. The Balaban J connectivity index is 2.79. The molecule has 0 spiro atoms. The molecule has 0 unspecified atom stereocenters. The van der Waals surface area contributed by atoms with E-state index in [9.17, 15) is 14.4 Å². The standard InChI is InChI=1S/C18H26N2O4/c1-12(2)10-16(18(23)24-4)20-17(22)11-15(19-13(3)21)14-8-6-5-7-9-14/h5-9,12,15-16H,10-11H2,1-4H3,(H,19,21)(H,20,22)/t15-,16-/m0/s1. The quantitative estimate of drug-likeness (QED) is 0.712. The highest BCUT2D eigenvalue weighted by atomic mass is 16.5. The van der Waals surface area contributed by atoms with E-state index in [1.54, 1.807) is 0 Å². The zero-order valence-corrected chi connectivity index (χ0v) is 14.7. The van der Waals surface area contributed by atoms with Crippen molar-refractivity contribution in [2.45, 2.75) is 45.7 Å². The summed E-state index contributed by atoms with van der Waals surface area (Å²) in [5, 5.41) is 5.48. The predicted octanol–water partition coefficient (Wildman–Crippen LogP) is 1.96. The van der Waals surface area contributed by atoms with E-state index >= 15 is 0 Å². The summed E-state index contributed by atoms with van der Waals surface area (Å²) < 4.78 is 4.74. The van der Waals surface area contributed by atoms with Gasteiger partial charge in [-0.15, -0.1) is 0 Å². The van der Waals surface area contributed by atoms with Crippen LogP contribution in [0.1, 0.15) is 45.2 Å². The minimum absolute atomic E-state index is 0.0508. The van der Waals surface area contributed by atoms with Crippen LogP contribution in [0.25, 0.3) is 0 Å². The van der Waals surface area contributed by atoms with Gasteiger partial charge in [0.2, 0.25) is 11.8 Å². The van der Waals surface area contributed by atoms with E-state index in [1.165, 1.54) is 14.0 Å². The molecule has 0 radical (unpaired) electrons. The van der Waals surface area contributed by atoms with Crippen LogP contribution in [-0.2, 0) is 19.1 Å². The molecule has 1 aromatic carbocycles. The second kappa shape index (κ2) is 9.70. The van der Waals surface area contributed by atoms with Crippen molar-refractivity contribution in [1.29, 1.82) is 0 Å². The zero-order valence-electron chi connectivity index (χ0n) is 14.7. The number of rotatable bonds is 8. The molecule has 6 heteroatoms. The van der Waals surface area contributed by atoms with Gasteiger partial charge in [-0.25, -0.2) is 4.79 Å². The molecule has 0 aromatic heterocycles. The Morgan fingerprint density at radius 1 is 1.08 bits per heavy atom. The van der Waals surface area contributed by atoms with Crippen LogP contribution in [0.4, 0.5) is 0 Å². The van der Waals surface area contributed by atoms with Gasteiger partial charge < -0.3 is 15.4 Å². The number of carbonyl (C=O) groups excluding carboxylic acids is 3. The van der Waals surface area contributed by atoms with E-state index in [2.05, 4.69) is 10.6 Å². The van der Waals surface area contributed by atoms with Gasteiger partial charge >= 0.3 is 5.97 Å². The Morgan fingerprint density at radius 2 is 1.71 bits per heavy atom. The lowest BCUT2D eigenvalue weighted by molar-refractivity contribution is -0.145. The number of nitrogens with one attached hydrogen (secondary N) is 2. The fourth-order valence-corrected chi connectivity index (χ4v) is 2.45. The van der Waals surface area contributed by atoms with Crippen LogP contribution >= 0.6 is 0 Å². The third-order valence-corrected chi connectivity index (χ3v) is 3.50. The molecule has 0 saturated heterocycles. The van der Waals surface area contributed by atoms with Gasteiger partial charge in [0.05, 0.1) is 19.6 Å². The first-order valence-corrected chi connectivity index (χ1v) is 8.02. The van der Waals surface area contributed by atoms with E-state index in [-0.39, 0.29) is 24.2 Å². The maximum atomic E-state index is 12.4. The summed E-state index contributed by atoms with van der Waals surface area (Å²) in [6, 6.07) is 8.12. The third-order valence-electron chi connectivity index (χ3n) is 3.50. The molecule has 0 heterocycles. The fraction of sp³-hybridized carbons (Fsp3) is 0.500. The van der Waals surface area contributed by atoms with Gasteiger partial charge in [0.15, 0.2) is 0 Å². The average molecular weight is 334 g/mol. The van der Waals surface area contributed by atoms with Gasteiger partial charge in [-0.3, -0.25) is 9.59 Å². The summed E-state index contributed by atoms with van der Waals surface area (Å²) in [6.45, 7) is 5.34. The Kier molecular flexibility index (Phi) is 7.95. The number of esters is 1. The first-order chi connectivity index (χ1) is 11.3. The Labute approximate surface area is 143 Å². The van der Waals surface area contributed by atoms with Crippen LogP contribution in [0.5, 0.6) is 0 Å². The number of carbonyl (C=O) groups is 3. The molecule has 24 heavy (non-hydrogen) atoms. The molecular formula is C18H26N2O4. The van der Waals surface area contributed by atoms with Crippen LogP contribution in [0.2, 0.25) is 0 Å². The van der Waals surface area contributed by atoms with E-state index in [0.717, 1.165) is 5.56 Å². The number of ether oxygens (including phenoxy) is 1. The first-order valence-electron chi connectivity index (χ1n) is 8.02. The summed E-state index contributed by atoms with van der Waals surface area (Å²) in [5.41, 5.74) is 0.835. The fourth-order valence-electron chi connectivity index (χ4n) is 2.45. The maximum absolute atomic E-state index is 12.4. The van der Waals surface area contributed by atoms with Gasteiger partial charge in [-0.2, -0.15) is 0 Å². The minimum Gasteiger partial charge on any atom is -0.467 e. The number of amides is 2. The highest BCUT2D eigenvalue weighted by Crippen LogP contribution is 2.17. The van der Waals surface area contributed by atoms with Crippen molar-refractivity contribution < 1.29 is 19.1 Å². The largest absolute Gasteiger partial charge is 0.467 e. The molecule has 1 rings (SSSR count). The summed E-state index contributed by atoms with van der Waals surface area (Å²) in [5.74, 6) is -0.764. The molecule has 0 aliphatic rings. The Bertz CT molecular complexity index is 557. The molecule has 0 aliphatic carbocycles.